The molecule has 0 radical (unpaired) electrons. The molecule has 6 aromatic rings. The molecule has 0 unspecified atom stereocenters. The molecule has 7 nitrogen and oxygen atoms in total. The number of imidazole rings is 1. The summed E-state index contributed by atoms with van der Waals surface area (Å²) in [5.41, 5.74) is 8.33. The minimum atomic E-state index is -0.0966. The molecule has 0 aliphatic rings. The van der Waals surface area contributed by atoms with E-state index in [0.717, 1.165) is 50.0 Å². The molecule has 0 aliphatic carbocycles. The van der Waals surface area contributed by atoms with Gasteiger partial charge in [-0.1, -0.05) is 45.0 Å². The molecule has 4 aromatic heterocycles. The van der Waals surface area contributed by atoms with Gasteiger partial charge >= 0.3 is 5.69 Å². The third-order valence-electron chi connectivity index (χ3n) is 6.97. The number of hydrogen-bond donors (Lipinski definition) is 0. The Kier molecular flexibility index (Phi) is 5.12. The van der Waals surface area contributed by atoms with Crippen molar-refractivity contribution in [3.63, 3.8) is 0 Å². The molecule has 0 spiro atoms. The van der Waals surface area contributed by atoms with Crippen LogP contribution in [0.15, 0.2) is 84.2 Å². The van der Waals surface area contributed by atoms with E-state index in [4.69, 9.17) is 0 Å². The van der Waals surface area contributed by atoms with Gasteiger partial charge in [0, 0.05) is 43.0 Å². The number of hydrogen-bond acceptors (Lipinski definition) is 4. The van der Waals surface area contributed by atoms with Crippen LogP contribution < -0.4 is 5.69 Å². The van der Waals surface area contributed by atoms with Gasteiger partial charge in [-0.25, -0.2) is 4.79 Å². The van der Waals surface area contributed by atoms with Gasteiger partial charge < -0.3 is 0 Å². The summed E-state index contributed by atoms with van der Waals surface area (Å²) >= 11 is 0. The SMILES string of the molecule is Cn1cc(-c2ccc(-c3ccc4ncc5c(c4c3)n(-c3ccc(C(C)(C)C)cc3)c(=O)n5C)cn2)cn1. The predicted molar refractivity (Wildman–Crippen MR) is 148 cm³/mol. The molecule has 2 aromatic carbocycles. The minimum absolute atomic E-state index is 0.0361. The highest BCUT2D eigenvalue weighted by atomic mass is 16.1. The van der Waals surface area contributed by atoms with Crippen LogP contribution in [0.25, 0.3) is 50.0 Å². The second kappa shape index (κ2) is 8.27. The quantitative estimate of drug-likeness (QED) is 0.323. The van der Waals surface area contributed by atoms with Gasteiger partial charge in [0.2, 0.25) is 0 Å². The Morgan fingerprint density at radius 1 is 0.784 bits per heavy atom. The second-order valence-electron chi connectivity index (χ2n) is 10.5. The van der Waals surface area contributed by atoms with Crippen LogP contribution in [0.3, 0.4) is 0 Å². The van der Waals surface area contributed by atoms with E-state index < -0.39 is 0 Å². The van der Waals surface area contributed by atoms with E-state index in [9.17, 15) is 4.79 Å². The minimum Gasteiger partial charge on any atom is -0.293 e. The van der Waals surface area contributed by atoms with Crippen molar-refractivity contribution in [2.75, 3.05) is 0 Å². The maximum Gasteiger partial charge on any atom is 0.333 e. The lowest BCUT2D eigenvalue weighted by atomic mass is 9.87. The highest BCUT2D eigenvalue weighted by molar-refractivity contribution is 6.04. The fourth-order valence-corrected chi connectivity index (χ4v) is 4.82. The number of rotatable bonds is 3. The average Bonchev–Trinajstić information content (AvgIpc) is 3.44. The number of nitrogens with zero attached hydrogens (tertiary/aromatic N) is 6. The van der Waals surface area contributed by atoms with Crippen LogP contribution in [-0.4, -0.2) is 28.9 Å². The zero-order valence-electron chi connectivity index (χ0n) is 21.6. The van der Waals surface area contributed by atoms with Gasteiger partial charge in [-0.15, -0.1) is 0 Å². The Morgan fingerprint density at radius 2 is 1.54 bits per heavy atom. The zero-order valence-corrected chi connectivity index (χ0v) is 21.6. The topological polar surface area (TPSA) is 70.5 Å². The summed E-state index contributed by atoms with van der Waals surface area (Å²) < 4.78 is 5.22. The van der Waals surface area contributed by atoms with E-state index in [-0.39, 0.29) is 11.1 Å². The smallest absolute Gasteiger partial charge is 0.293 e. The van der Waals surface area contributed by atoms with E-state index >= 15 is 0 Å². The monoisotopic (exact) mass is 488 g/mol. The maximum atomic E-state index is 13.4. The molecule has 0 aliphatic heterocycles. The first kappa shape index (κ1) is 22.9. The molecule has 37 heavy (non-hydrogen) atoms. The fourth-order valence-electron chi connectivity index (χ4n) is 4.82. The van der Waals surface area contributed by atoms with E-state index in [2.05, 4.69) is 60.1 Å². The largest absolute Gasteiger partial charge is 0.333 e. The third-order valence-corrected chi connectivity index (χ3v) is 6.97. The van der Waals surface area contributed by atoms with Crippen LogP contribution in [0.4, 0.5) is 0 Å². The van der Waals surface area contributed by atoms with Gasteiger partial charge in [0.1, 0.15) is 0 Å². The van der Waals surface area contributed by atoms with Crippen molar-refractivity contribution in [1.29, 1.82) is 0 Å². The number of pyridine rings is 2. The molecule has 4 heterocycles. The van der Waals surface area contributed by atoms with Crippen molar-refractivity contribution in [3.8, 4) is 28.1 Å². The second-order valence-corrected chi connectivity index (χ2v) is 10.5. The van der Waals surface area contributed by atoms with E-state index in [0.29, 0.717) is 0 Å². The fraction of sp³-hybridized carbons (Fsp3) is 0.200. The van der Waals surface area contributed by atoms with Gasteiger partial charge in [0.05, 0.1) is 40.3 Å². The van der Waals surface area contributed by atoms with Gasteiger partial charge in [0.25, 0.3) is 0 Å². The lowest BCUT2D eigenvalue weighted by molar-refractivity contribution is 0.590. The highest BCUT2D eigenvalue weighted by Crippen LogP contribution is 2.31. The molecule has 0 N–H and O–H groups in total. The molecular weight excluding hydrogens is 460 g/mol. The van der Waals surface area contributed by atoms with Crippen LogP contribution in [0, 0.1) is 0 Å². The van der Waals surface area contributed by atoms with Gasteiger partial charge in [-0.2, -0.15) is 5.10 Å². The molecule has 0 bridgehead atoms. The van der Waals surface area contributed by atoms with E-state index in [1.54, 1.807) is 27.1 Å². The van der Waals surface area contributed by atoms with E-state index in [1.807, 2.05) is 56.0 Å². The molecule has 7 heteroatoms. The lowest BCUT2D eigenvalue weighted by Gasteiger charge is -2.19. The Bertz CT molecular complexity index is 1830. The van der Waals surface area contributed by atoms with Gasteiger partial charge in [0.15, 0.2) is 0 Å². The average molecular weight is 489 g/mol. The third kappa shape index (κ3) is 3.83. The predicted octanol–water partition coefficient (Wildman–Crippen LogP) is 5.64. The normalized spacial score (nSPS) is 12.0. The highest BCUT2D eigenvalue weighted by Gasteiger charge is 2.18. The summed E-state index contributed by atoms with van der Waals surface area (Å²) in [5.74, 6) is 0. The van der Waals surface area contributed by atoms with Crippen molar-refractivity contribution >= 4 is 21.9 Å². The Labute approximate surface area is 214 Å². The summed E-state index contributed by atoms with van der Waals surface area (Å²) in [6.07, 6.45) is 7.41. The van der Waals surface area contributed by atoms with Crippen molar-refractivity contribution in [1.82, 2.24) is 28.9 Å². The molecule has 0 amide bonds. The number of fused-ring (bicyclic) bond motifs is 3. The maximum absolute atomic E-state index is 13.4. The summed E-state index contributed by atoms with van der Waals surface area (Å²) in [6.45, 7) is 6.56. The van der Waals surface area contributed by atoms with Crippen LogP contribution in [0.1, 0.15) is 26.3 Å². The molecular formula is C30H28N6O. The first-order valence-electron chi connectivity index (χ1n) is 12.3. The Balaban J connectivity index is 1.51. The lowest BCUT2D eigenvalue weighted by Crippen LogP contribution is -2.21. The summed E-state index contributed by atoms with van der Waals surface area (Å²) in [4.78, 5) is 22.7. The zero-order chi connectivity index (χ0) is 25.9. The number of aromatic nitrogens is 6. The van der Waals surface area contributed by atoms with Crippen LogP contribution >= 0.6 is 0 Å². The standard InChI is InChI=1S/C30H28N6O/c1-30(2,3)22-8-10-23(11-9-22)36-28-24-14-19(6-13-26(24)32-17-27(28)35(5)29(36)37)20-7-12-25(31-15-20)21-16-33-34(4)18-21/h6-18H,1-5H3. The Hall–Kier alpha value is -4.52. The van der Waals surface area contributed by atoms with Gasteiger partial charge in [-0.05, 0) is 46.9 Å². The molecule has 0 fully saturated rings. The van der Waals surface area contributed by atoms with Gasteiger partial charge in [-0.3, -0.25) is 23.8 Å². The summed E-state index contributed by atoms with van der Waals surface area (Å²) in [7, 11) is 3.69. The van der Waals surface area contributed by atoms with Crippen LogP contribution in [0.2, 0.25) is 0 Å². The first-order valence-corrected chi connectivity index (χ1v) is 12.3. The van der Waals surface area contributed by atoms with Crippen LogP contribution in [0.5, 0.6) is 0 Å². The Morgan fingerprint density at radius 3 is 2.19 bits per heavy atom. The van der Waals surface area contributed by atoms with Crippen LogP contribution in [-0.2, 0) is 19.5 Å². The number of benzene rings is 2. The first-order chi connectivity index (χ1) is 17.7. The molecule has 6 rings (SSSR count). The van der Waals surface area contributed by atoms with Crippen molar-refractivity contribution in [2.24, 2.45) is 14.1 Å². The summed E-state index contributed by atoms with van der Waals surface area (Å²) in [5, 5.41) is 5.16. The van der Waals surface area contributed by atoms with Crippen molar-refractivity contribution in [3.05, 3.63) is 95.4 Å². The molecule has 0 atom stereocenters. The molecule has 184 valence electrons. The molecule has 0 saturated carbocycles. The number of aryl methyl sites for hydroxylation is 2. The van der Waals surface area contributed by atoms with Crippen molar-refractivity contribution < 1.29 is 0 Å². The van der Waals surface area contributed by atoms with E-state index in [1.165, 1.54) is 5.56 Å². The molecule has 0 saturated heterocycles. The van der Waals surface area contributed by atoms with Crippen molar-refractivity contribution in [2.45, 2.75) is 26.2 Å². The summed E-state index contributed by atoms with van der Waals surface area (Å²) in [6, 6.07) is 18.5.